The minimum Gasteiger partial charge on any atom is -0.486 e. The van der Waals surface area contributed by atoms with Gasteiger partial charge in [-0.3, -0.25) is 48.2 Å². The molecule has 4 aliphatic rings. The molecule has 0 spiro atoms. The van der Waals surface area contributed by atoms with Gasteiger partial charge >= 0.3 is 11.5 Å². The summed E-state index contributed by atoms with van der Waals surface area (Å²) < 4.78 is 56.1. The molecule has 10 aromatic rings. The zero-order valence-electron chi connectivity index (χ0n) is 54.1. The largest absolute Gasteiger partial charge is 0.486 e. The molecule has 2 fully saturated rings. The van der Waals surface area contributed by atoms with Crippen LogP contribution in [0.2, 0.25) is 10.0 Å². The van der Waals surface area contributed by atoms with Crippen molar-refractivity contribution in [2.24, 2.45) is 0 Å². The molecule has 23 heteroatoms. The van der Waals surface area contributed by atoms with Gasteiger partial charge < -0.3 is 33.2 Å². The number of carbonyl (C=O) groups excluding carboxylic acids is 2. The molecule has 4 atom stereocenters. The highest BCUT2D eigenvalue weighted by atomic mass is 35.5. The Balaban J connectivity index is 0.881. The number of carbonyl (C=O) groups is 2. The highest BCUT2D eigenvalue weighted by Crippen LogP contribution is 2.50. The number of nitrogens with zero attached hydrogens (tertiary/aromatic N) is 8. The van der Waals surface area contributed by atoms with Gasteiger partial charge in [-0.1, -0.05) is 76.2 Å². The lowest BCUT2D eigenvalue weighted by Crippen LogP contribution is -2.60. The van der Waals surface area contributed by atoms with E-state index in [1.807, 2.05) is 60.3 Å². The molecular weight excluding hydrogens is 1260 g/mol. The van der Waals surface area contributed by atoms with Crippen LogP contribution in [-0.2, 0) is 16.0 Å². The minimum atomic E-state index is -0.751. The van der Waals surface area contributed by atoms with Gasteiger partial charge in [0.2, 0.25) is 11.7 Å². The quantitative estimate of drug-likeness (QED) is 0.129. The van der Waals surface area contributed by atoms with Crippen LogP contribution in [0.15, 0.2) is 102 Å². The number of H-pyrrole nitrogens is 2. The molecule has 14 rings (SSSR count). The van der Waals surface area contributed by atoms with Gasteiger partial charge in [0.25, 0.3) is 17.0 Å². The minimum absolute atomic E-state index is 0.0259. The van der Waals surface area contributed by atoms with Gasteiger partial charge in [0.15, 0.2) is 11.2 Å². The molecule has 2 N–H and O–H groups in total. The van der Waals surface area contributed by atoms with Crippen molar-refractivity contribution in [1.82, 2.24) is 38.9 Å². The number of fused-ring (bicyclic) bond motifs is 12. The van der Waals surface area contributed by atoms with Crippen molar-refractivity contribution in [2.45, 2.75) is 125 Å². The third-order valence-electron chi connectivity index (χ3n) is 19.7. The number of amides is 2. The van der Waals surface area contributed by atoms with E-state index >= 15 is 23.2 Å². The number of ether oxygens (including phenoxy) is 1. The maximum atomic E-state index is 17.7. The van der Waals surface area contributed by atoms with Crippen LogP contribution < -0.4 is 37.2 Å². The Bertz CT molecular complexity index is 5310. The first kappa shape index (κ1) is 62.8. The SMILES string of the molecule is C=CC(=O)N1CC2CCc3c(c4cc(F)c(-c5c(C)ccc6[nH]c(=O)oc56)c(Cl)c4n(-c4c(C)cc(C(=C)C(=O)N5CC6CCOc7c(c8cc(F)c(-c9c(C)ccc%10[nH]c(=O)oc9%10)c(Cl)c8n(-c8c(C)ccnc8C(C)C)c7=O)N6CC5C)nc4C(C)C)c3=O)N2CC1C. The summed E-state index contributed by atoms with van der Waals surface area (Å²) in [7, 11) is 0. The van der Waals surface area contributed by atoms with Crippen LogP contribution in [0.4, 0.5) is 20.2 Å². The lowest BCUT2D eigenvalue weighted by molar-refractivity contribution is -0.129. The molecule has 2 amide bonds. The zero-order chi connectivity index (χ0) is 67.4. The molecule has 4 unspecified atom stereocenters. The lowest BCUT2D eigenvalue weighted by atomic mass is 9.89. The van der Waals surface area contributed by atoms with Gasteiger partial charge in [-0.25, -0.2) is 18.4 Å². The average Bonchev–Trinajstić information content (AvgIpc) is 1.21. The third-order valence-corrected chi connectivity index (χ3v) is 20.4. The predicted octanol–water partition coefficient (Wildman–Crippen LogP) is 12.8. The molecule has 488 valence electrons. The Morgan fingerprint density at radius 3 is 1.76 bits per heavy atom. The van der Waals surface area contributed by atoms with Gasteiger partial charge in [-0.15, -0.1) is 0 Å². The summed E-state index contributed by atoms with van der Waals surface area (Å²) in [5, 5.41) is 0.378. The van der Waals surface area contributed by atoms with Crippen LogP contribution in [-0.4, -0.2) is 108 Å². The van der Waals surface area contributed by atoms with Crippen LogP contribution in [0.25, 0.3) is 83.2 Å². The number of nitrogens with one attached hydrogen (secondary N) is 2. The summed E-state index contributed by atoms with van der Waals surface area (Å²) in [6, 6.07) is 11.4. The van der Waals surface area contributed by atoms with Crippen LogP contribution in [0.3, 0.4) is 0 Å². The van der Waals surface area contributed by atoms with Crippen molar-refractivity contribution in [3.05, 3.63) is 182 Å². The Morgan fingerprint density at radius 2 is 1.18 bits per heavy atom. The monoisotopic (exact) mass is 1320 g/mol. The molecule has 4 aromatic carbocycles. The molecule has 0 aliphatic carbocycles. The van der Waals surface area contributed by atoms with Crippen molar-refractivity contribution in [1.29, 1.82) is 0 Å². The van der Waals surface area contributed by atoms with E-state index in [4.69, 9.17) is 46.7 Å². The fourth-order valence-corrected chi connectivity index (χ4v) is 15.9. The summed E-state index contributed by atoms with van der Waals surface area (Å²) >= 11 is 15.3. The highest BCUT2D eigenvalue weighted by molar-refractivity contribution is 6.39. The zero-order valence-corrected chi connectivity index (χ0v) is 55.6. The number of pyridine rings is 4. The van der Waals surface area contributed by atoms with Crippen LogP contribution in [0.1, 0.15) is 111 Å². The maximum absolute atomic E-state index is 17.7. The normalized spacial score (nSPS) is 18.0. The van der Waals surface area contributed by atoms with E-state index in [0.717, 1.165) is 0 Å². The van der Waals surface area contributed by atoms with Crippen molar-refractivity contribution < 1.29 is 31.9 Å². The molecule has 95 heavy (non-hydrogen) atoms. The van der Waals surface area contributed by atoms with Crippen molar-refractivity contribution in [2.75, 3.05) is 42.6 Å². The topological polar surface area (TPSA) is 218 Å². The number of piperazine rings is 2. The first-order valence-electron chi connectivity index (χ1n) is 31.8. The Morgan fingerprint density at radius 1 is 0.653 bits per heavy atom. The number of aromatic amines is 2. The summed E-state index contributed by atoms with van der Waals surface area (Å²) in [5.41, 5.74) is 6.23. The van der Waals surface area contributed by atoms with Gasteiger partial charge in [-0.05, 0) is 131 Å². The van der Waals surface area contributed by atoms with E-state index in [9.17, 15) is 14.4 Å². The number of hydrogen-bond donors (Lipinski definition) is 2. The number of rotatable bonds is 9. The van der Waals surface area contributed by atoms with Crippen molar-refractivity contribution >= 4 is 96.0 Å². The molecule has 0 radical (unpaired) electrons. The van der Waals surface area contributed by atoms with Crippen molar-refractivity contribution in [3.8, 4) is 39.4 Å². The van der Waals surface area contributed by atoms with E-state index in [2.05, 4.69) is 28.0 Å². The third kappa shape index (κ3) is 9.67. The van der Waals surface area contributed by atoms with Crippen LogP contribution >= 0.6 is 23.2 Å². The molecule has 19 nitrogen and oxygen atoms in total. The second kappa shape index (κ2) is 23.1. The van der Waals surface area contributed by atoms with E-state index in [1.54, 1.807) is 66.2 Å². The Hall–Kier alpha value is -9.60. The van der Waals surface area contributed by atoms with Gasteiger partial charge in [0.1, 0.15) is 11.6 Å². The van der Waals surface area contributed by atoms with Gasteiger partial charge in [0.05, 0.1) is 90.2 Å². The van der Waals surface area contributed by atoms with Crippen molar-refractivity contribution in [3.63, 3.8) is 0 Å². The fourth-order valence-electron chi connectivity index (χ4n) is 15.2. The van der Waals surface area contributed by atoms with Gasteiger partial charge in [0, 0.05) is 95.5 Å². The summed E-state index contributed by atoms with van der Waals surface area (Å²) in [6.07, 6.45) is 4.10. The number of aromatic nitrogens is 6. The summed E-state index contributed by atoms with van der Waals surface area (Å²) in [6.45, 7) is 27.9. The van der Waals surface area contributed by atoms with E-state index in [-0.39, 0.29) is 127 Å². The Labute approximate surface area is 552 Å². The summed E-state index contributed by atoms with van der Waals surface area (Å²) in [4.78, 5) is 108. The molecule has 6 aromatic heterocycles. The number of hydrogen-bond acceptors (Lipinski definition) is 13. The molecular formula is C72H68Cl2F2N10O9. The number of anilines is 2. The predicted molar refractivity (Wildman–Crippen MR) is 366 cm³/mol. The fraction of sp³-hybridized carbons (Fsp3) is 0.333. The summed E-state index contributed by atoms with van der Waals surface area (Å²) in [5.74, 6) is -4.20. The van der Waals surface area contributed by atoms with E-state index < -0.39 is 58.2 Å². The molecule has 4 aliphatic heterocycles. The average molecular weight is 1330 g/mol. The molecule has 0 bridgehead atoms. The number of benzene rings is 4. The number of halogens is 4. The molecule has 0 saturated carbocycles. The van der Waals surface area contributed by atoms with Crippen LogP contribution in [0, 0.1) is 39.3 Å². The lowest BCUT2D eigenvalue weighted by Gasteiger charge is -2.49. The molecule has 10 heterocycles. The number of aryl methyl sites for hydroxylation is 4. The second-order valence-corrected chi connectivity index (χ2v) is 27.1. The maximum Gasteiger partial charge on any atom is 0.417 e. The van der Waals surface area contributed by atoms with Gasteiger partial charge in [-0.2, -0.15) is 0 Å². The standard InChI is InChI=1S/C72H68Cl2F2N10O9/c1-13-50(87)81-29-40-16-17-42-61(83(40)27-37(81)10)43-25-45(75)53(51-33(6)14-18-47-65(51)94-71(91)79-47)55(73)62(43)85(69(42)89)60-36(9)24-49(78-58(60)32(4)5)39(12)68(88)82-30-41-21-23-93-67-64(84(41)28-38(82)11)44-26-46(76)54(52-34(7)15-19-48-66(52)95-72(92)80-48)56(74)63(44)86(70(67)90)59-35(8)20-22-77-57(59)31(2)3/h13-15,18-20,22,24-26,31-32,37-38,40-41H,1,12,16-17,21,23,27-30H2,2-11H3,(H,79,91)(H,80,92). The smallest absolute Gasteiger partial charge is 0.417 e. The Kier molecular flexibility index (Phi) is 15.3. The highest BCUT2D eigenvalue weighted by Gasteiger charge is 2.44. The van der Waals surface area contributed by atoms with Crippen LogP contribution in [0.5, 0.6) is 5.75 Å². The molecule has 2 saturated heterocycles. The van der Waals surface area contributed by atoms with E-state index in [1.165, 1.54) is 27.3 Å². The second-order valence-electron chi connectivity index (χ2n) is 26.3. The first-order chi connectivity index (χ1) is 45.3. The first-order valence-corrected chi connectivity index (χ1v) is 32.6. The van der Waals surface area contributed by atoms with E-state index in [0.29, 0.717) is 104 Å². The number of oxazole rings is 2.